The summed E-state index contributed by atoms with van der Waals surface area (Å²) in [5, 5.41) is 9.62. The third-order valence-electron chi connectivity index (χ3n) is 1.71. The van der Waals surface area contributed by atoms with E-state index in [4.69, 9.17) is 6.42 Å². The summed E-state index contributed by atoms with van der Waals surface area (Å²) in [4.78, 5) is 0. The van der Waals surface area contributed by atoms with Crippen LogP contribution in [0.1, 0.15) is 5.56 Å². The maximum absolute atomic E-state index is 5.25. The predicted octanol–water partition coefficient (Wildman–Crippen LogP) is 1.61. The van der Waals surface area contributed by atoms with Gasteiger partial charge in [-0.2, -0.15) is 10.2 Å². The van der Waals surface area contributed by atoms with E-state index in [1.165, 1.54) is 0 Å². The molecule has 0 aliphatic carbocycles. The van der Waals surface area contributed by atoms with Crippen LogP contribution in [0.4, 0.5) is 0 Å². The Morgan fingerprint density at radius 1 is 1.08 bits per heavy atom. The first-order valence-corrected chi connectivity index (χ1v) is 3.57. The molecular formula is C10H6N2. The lowest BCUT2D eigenvalue weighted by Crippen LogP contribution is -1.81. The summed E-state index contributed by atoms with van der Waals surface area (Å²) in [6, 6.07) is 5.76. The molecule has 1 aromatic heterocycles. The van der Waals surface area contributed by atoms with Gasteiger partial charge in [-0.1, -0.05) is 12.0 Å². The van der Waals surface area contributed by atoms with E-state index in [1.807, 2.05) is 18.2 Å². The lowest BCUT2D eigenvalue weighted by Gasteiger charge is -1.95. The van der Waals surface area contributed by atoms with Crippen LogP contribution in [0.3, 0.4) is 0 Å². The van der Waals surface area contributed by atoms with Crippen LogP contribution < -0.4 is 0 Å². The van der Waals surface area contributed by atoms with Crippen molar-refractivity contribution in [2.45, 2.75) is 0 Å². The number of hydrogen-bond acceptors (Lipinski definition) is 2. The summed E-state index contributed by atoms with van der Waals surface area (Å²) in [6.07, 6.45) is 8.68. The Labute approximate surface area is 70.2 Å². The summed E-state index contributed by atoms with van der Waals surface area (Å²) in [6.45, 7) is 0. The van der Waals surface area contributed by atoms with Crippen molar-refractivity contribution in [3.8, 4) is 12.3 Å². The molecule has 0 aliphatic heterocycles. The molecule has 2 rings (SSSR count). The second kappa shape index (κ2) is 2.63. The van der Waals surface area contributed by atoms with Crippen molar-refractivity contribution >= 4 is 10.8 Å². The average molecular weight is 154 g/mol. The molecule has 2 aromatic rings. The minimum atomic E-state index is 0.871. The SMILES string of the molecule is C#Cc1ccc2cnncc2c1. The van der Waals surface area contributed by atoms with Crippen molar-refractivity contribution < 1.29 is 0 Å². The summed E-state index contributed by atoms with van der Waals surface area (Å²) < 4.78 is 0. The third-order valence-corrected chi connectivity index (χ3v) is 1.71. The topological polar surface area (TPSA) is 25.8 Å². The summed E-state index contributed by atoms with van der Waals surface area (Å²) in [5.41, 5.74) is 0.871. The van der Waals surface area contributed by atoms with Crippen LogP contribution in [0.5, 0.6) is 0 Å². The van der Waals surface area contributed by atoms with Crippen molar-refractivity contribution in [3.63, 3.8) is 0 Å². The molecule has 0 radical (unpaired) electrons. The molecule has 0 bridgehead atoms. The van der Waals surface area contributed by atoms with Crippen LogP contribution in [0.15, 0.2) is 30.6 Å². The monoisotopic (exact) mass is 154 g/mol. The minimum absolute atomic E-state index is 0.871. The van der Waals surface area contributed by atoms with Gasteiger partial charge in [-0.15, -0.1) is 6.42 Å². The number of aromatic nitrogens is 2. The van der Waals surface area contributed by atoms with E-state index in [2.05, 4.69) is 16.1 Å². The highest BCUT2D eigenvalue weighted by Gasteiger charge is 1.92. The molecule has 1 aromatic carbocycles. The van der Waals surface area contributed by atoms with Crippen molar-refractivity contribution in [2.24, 2.45) is 0 Å². The lowest BCUT2D eigenvalue weighted by atomic mass is 10.1. The molecular weight excluding hydrogens is 148 g/mol. The Balaban J connectivity index is 2.78. The Bertz CT molecular complexity index is 455. The van der Waals surface area contributed by atoms with Gasteiger partial charge in [-0.3, -0.25) is 0 Å². The summed E-state index contributed by atoms with van der Waals surface area (Å²) in [5.74, 6) is 2.57. The molecule has 0 unspecified atom stereocenters. The van der Waals surface area contributed by atoms with E-state index >= 15 is 0 Å². The smallest absolute Gasteiger partial charge is 0.0575 e. The molecule has 0 saturated heterocycles. The molecule has 12 heavy (non-hydrogen) atoms. The largest absolute Gasteiger partial charge is 0.158 e. The number of fused-ring (bicyclic) bond motifs is 1. The quantitative estimate of drug-likeness (QED) is 0.539. The molecule has 0 fully saturated rings. The Hall–Kier alpha value is -1.88. The second-order valence-electron chi connectivity index (χ2n) is 2.48. The highest BCUT2D eigenvalue weighted by molar-refractivity contribution is 5.81. The van der Waals surface area contributed by atoms with Gasteiger partial charge >= 0.3 is 0 Å². The van der Waals surface area contributed by atoms with E-state index in [-0.39, 0.29) is 0 Å². The first kappa shape index (κ1) is 6.81. The van der Waals surface area contributed by atoms with Crippen LogP contribution in [-0.4, -0.2) is 10.2 Å². The van der Waals surface area contributed by atoms with Crippen molar-refractivity contribution in [1.82, 2.24) is 10.2 Å². The molecule has 0 saturated carbocycles. The molecule has 0 amide bonds. The summed E-state index contributed by atoms with van der Waals surface area (Å²) >= 11 is 0. The van der Waals surface area contributed by atoms with E-state index in [0.717, 1.165) is 16.3 Å². The fourth-order valence-corrected chi connectivity index (χ4v) is 1.08. The molecule has 0 aliphatic rings. The zero-order valence-electron chi connectivity index (χ0n) is 6.36. The van der Waals surface area contributed by atoms with Gasteiger partial charge in [-0.05, 0) is 12.1 Å². The van der Waals surface area contributed by atoms with E-state index < -0.39 is 0 Å². The molecule has 0 N–H and O–H groups in total. The predicted molar refractivity (Wildman–Crippen MR) is 47.5 cm³/mol. The third kappa shape index (κ3) is 1.02. The number of rotatable bonds is 0. The Morgan fingerprint density at radius 3 is 2.58 bits per heavy atom. The maximum Gasteiger partial charge on any atom is 0.0575 e. The average Bonchev–Trinajstić information content (AvgIpc) is 2.17. The number of terminal acetylenes is 1. The Morgan fingerprint density at radius 2 is 1.83 bits per heavy atom. The van der Waals surface area contributed by atoms with Gasteiger partial charge in [0, 0.05) is 16.3 Å². The van der Waals surface area contributed by atoms with Crippen LogP contribution in [0, 0.1) is 12.3 Å². The normalized spacial score (nSPS) is 9.58. The number of hydrogen-bond donors (Lipinski definition) is 0. The van der Waals surface area contributed by atoms with E-state index in [0.29, 0.717) is 0 Å². The van der Waals surface area contributed by atoms with E-state index in [9.17, 15) is 0 Å². The number of nitrogens with zero attached hydrogens (tertiary/aromatic N) is 2. The van der Waals surface area contributed by atoms with E-state index in [1.54, 1.807) is 12.4 Å². The standard InChI is InChI=1S/C10H6N2/c1-2-8-3-4-9-6-11-12-7-10(9)5-8/h1,3-7H. The Kier molecular flexibility index (Phi) is 1.49. The van der Waals surface area contributed by atoms with Crippen LogP contribution in [0.25, 0.3) is 10.8 Å². The van der Waals surface area contributed by atoms with Gasteiger partial charge in [0.25, 0.3) is 0 Å². The minimum Gasteiger partial charge on any atom is -0.158 e. The van der Waals surface area contributed by atoms with Crippen LogP contribution >= 0.6 is 0 Å². The van der Waals surface area contributed by atoms with Crippen LogP contribution in [0.2, 0.25) is 0 Å². The van der Waals surface area contributed by atoms with Gasteiger partial charge in [0.2, 0.25) is 0 Å². The fourth-order valence-electron chi connectivity index (χ4n) is 1.08. The lowest BCUT2D eigenvalue weighted by molar-refractivity contribution is 1.05. The zero-order valence-corrected chi connectivity index (χ0v) is 6.36. The van der Waals surface area contributed by atoms with Gasteiger partial charge in [0.15, 0.2) is 0 Å². The molecule has 0 spiro atoms. The molecule has 1 heterocycles. The van der Waals surface area contributed by atoms with Crippen molar-refractivity contribution in [2.75, 3.05) is 0 Å². The maximum atomic E-state index is 5.25. The fraction of sp³-hybridized carbons (Fsp3) is 0. The zero-order chi connectivity index (χ0) is 8.39. The van der Waals surface area contributed by atoms with Crippen LogP contribution in [-0.2, 0) is 0 Å². The second-order valence-corrected chi connectivity index (χ2v) is 2.48. The van der Waals surface area contributed by atoms with Crippen molar-refractivity contribution in [1.29, 1.82) is 0 Å². The molecule has 0 atom stereocenters. The first-order valence-electron chi connectivity index (χ1n) is 3.57. The first-order chi connectivity index (χ1) is 5.90. The summed E-state index contributed by atoms with van der Waals surface area (Å²) in [7, 11) is 0. The highest BCUT2D eigenvalue weighted by Crippen LogP contribution is 2.12. The van der Waals surface area contributed by atoms with Crippen molar-refractivity contribution in [3.05, 3.63) is 36.2 Å². The van der Waals surface area contributed by atoms with Gasteiger partial charge < -0.3 is 0 Å². The molecule has 56 valence electrons. The van der Waals surface area contributed by atoms with Gasteiger partial charge in [0.1, 0.15) is 0 Å². The molecule has 2 heteroatoms. The number of benzene rings is 1. The van der Waals surface area contributed by atoms with Gasteiger partial charge in [-0.25, -0.2) is 0 Å². The van der Waals surface area contributed by atoms with Gasteiger partial charge in [0.05, 0.1) is 12.4 Å². The highest BCUT2D eigenvalue weighted by atomic mass is 15.1. The molecule has 2 nitrogen and oxygen atoms in total.